The van der Waals surface area contributed by atoms with Crippen LogP contribution in [0, 0.1) is 18.3 Å². The number of nitriles is 1. The molecule has 0 atom stereocenters. The lowest BCUT2D eigenvalue weighted by molar-refractivity contribution is -0.118. The summed E-state index contributed by atoms with van der Waals surface area (Å²) in [5.41, 5.74) is 4.72. The minimum atomic E-state index is -0.208. The Labute approximate surface area is 186 Å². The highest BCUT2D eigenvalue weighted by Crippen LogP contribution is 2.39. The van der Waals surface area contributed by atoms with Gasteiger partial charge in [0, 0.05) is 16.8 Å². The highest BCUT2D eigenvalue weighted by Gasteiger charge is 2.20. The second-order valence-corrected chi connectivity index (χ2v) is 8.62. The fourth-order valence-electron chi connectivity index (χ4n) is 3.52. The molecule has 1 N–H and O–H groups in total. The minimum Gasteiger partial charge on any atom is -0.484 e. The van der Waals surface area contributed by atoms with Gasteiger partial charge < -0.3 is 10.1 Å². The maximum atomic E-state index is 12.1. The van der Waals surface area contributed by atoms with Crippen LogP contribution in [0.2, 0.25) is 0 Å². The number of fused-ring (bicyclic) bond motifs is 1. The van der Waals surface area contributed by atoms with Gasteiger partial charge in [-0.3, -0.25) is 4.79 Å². The lowest BCUT2D eigenvalue weighted by atomic mass is 9.96. The number of hydrogen-bond acceptors (Lipinski definition) is 5. The van der Waals surface area contributed by atoms with Crippen LogP contribution in [0.25, 0.3) is 0 Å². The zero-order valence-corrected chi connectivity index (χ0v) is 18.2. The second-order valence-electron chi connectivity index (χ2n) is 7.53. The Balaban J connectivity index is 1.34. The van der Waals surface area contributed by atoms with E-state index in [0.717, 1.165) is 46.6 Å². The van der Waals surface area contributed by atoms with Crippen molar-refractivity contribution in [1.29, 1.82) is 5.26 Å². The van der Waals surface area contributed by atoms with E-state index in [9.17, 15) is 10.1 Å². The first-order valence-corrected chi connectivity index (χ1v) is 11.1. The van der Waals surface area contributed by atoms with E-state index in [0.29, 0.717) is 5.75 Å². The molecular weight excluding hydrogens is 406 g/mol. The predicted octanol–water partition coefficient (Wildman–Crippen LogP) is 5.58. The van der Waals surface area contributed by atoms with Crippen molar-refractivity contribution in [3.05, 3.63) is 75.7 Å². The first-order chi connectivity index (χ1) is 15.1. The molecule has 0 radical (unpaired) electrons. The fourth-order valence-corrected chi connectivity index (χ4v) is 4.71. The van der Waals surface area contributed by atoms with E-state index in [2.05, 4.69) is 16.4 Å². The molecule has 2 aromatic carbocycles. The first kappa shape index (κ1) is 20.8. The van der Waals surface area contributed by atoms with Crippen LogP contribution in [-0.2, 0) is 17.6 Å². The number of ether oxygens (including phenoxy) is 1. The van der Waals surface area contributed by atoms with E-state index < -0.39 is 0 Å². The Morgan fingerprint density at radius 3 is 2.65 bits per heavy atom. The third-order valence-electron chi connectivity index (χ3n) is 5.18. The van der Waals surface area contributed by atoms with Crippen molar-refractivity contribution < 1.29 is 9.53 Å². The van der Waals surface area contributed by atoms with Crippen molar-refractivity contribution in [3.63, 3.8) is 0 Å². The molecule has 0 fully saturated rings. The van der Waals surface area contributed by atoms with E-state index in [1.165, 1.54) is 16.9 Å². The van der Waals surface area contributed by atoms with Crippen LogP contribution < -0.4 is 10.1 Å². The van der Waals surface area contributed by atoms with Crippen molar-refractivity contribution in [3.8, 4) is 11.8 Å². The number of benzene rings is 2. The quantitative estimate of drug-likeness (QED) is 0.520. The molecule has 0 aliphatic heterocycles. The van der Waals surface area contributed by atoms with Crippen LogP contribution >= 0.6 is 11.3 Å². The molecule has 156 valence electrons. The molecule has 1 aromatic heterocycles. The number of amides is 1. The summed E-state index contributed by atoms with van der Waals surface area (Å²) in [5.74, 6) is 0.403. The van der Waals surface area contributed by atoms with Crippen molar-refractivity contribution in [2.75, 3.05) is 11.9 Å². The van der Waals surface area contributed by atoms with E-state index in [1.54, 1.807) is 17.6 Å². The molecule has 1 amide bonds. The standard InChI is InChI=1S/C25H23N3O2S/c1-17-6-10-19(11-7-17)28-24(29)16-30-20-12-8-18(9-13-20)15-27-25-22(14-26)21-4-2-3-5-23(21)31-25/h6-13,15H,2-5,16H2,1H3,(H,28,29). The van der Waals surface area contributed by atoms with Crippen LogP contribution in [0.4, 0.5) is 10.7 Å². The summed E-state index contributed by atoms with van der Waals surface area (Å²) in [6.45, 7) is 1.94. The van der Waals surface area contributed by atoms with Gasteiger partial charge in [-0.25, -0.2) is 4.99 Å². The molecule has 3 aromatic rings. The summed E-state index contributed by atoms with van der Waals surface area (Å²) in [6, 6.07) is 17.3. The summed E-state index contributed by atoms with van der Waals surface area (Å²) < 4.78 is 5.58. The maximum Gasteiger partial charge on any atom is 0.262 e. The number of carbonyl (C=O) groups is 1. The van der Waals surface area contributed by atoms with E-state index >= 15 is 0 Å². The van der Waals surface area contributed by atoms with Crippen LogP contribution in [0.15, 0.2) is 53.5 Å². The van der Waals surface area contributed by atoms with Gasteiger partial charge in [0.2, 0.25) is 0 Å². The van der Waals surface area contributed by atoms with Gasteiger partial charge in [-0.2, -0.15) is 5.26 Å². The number of anilines is 1. The van der Waals surface area contributed by atoms with Crippen LogP contribution in [-0.4, -0.2) is 18.7 Å². The third kappa shape index (κ3) is 5.19. The number of nitrogens with one attached hydrogen (secondary N) is 1. The van der Waals surface area contributed by atoms with Gasteiger partial charge in [-0.15, -0.1) is 11.3 Å². The molecule has 1 heterocycles. The number of nitrogens with zero attached hydrogens (tertiary/aromatic N) is 2. The summed E-state index contributed by atoms with van der Waals surface area (Å²) >= 11 is 1.63. The van der Waals surface area contributed by atoms with Gasteiger partial charge in [0.25, 0.3) is 5.91 Å². The highest BCUT2D eigenvalue weighted by atomic mass is 32.1. The molecule has 0 saturated heterocycles. The Bertz CT molecular complexity index is 1140. The Kier molecular flexibility index (Phi) is 6.44. The monoisotopic (exact) mass is 429 g/mol. The summed E-state index contributed by atoms with van der Waals surface area (Å²) in [5, 5.41) is 13.1. The van der Waals surface area contributed by atoms with Gasteiger partial charge in [0.05, 0.1) is 5.56 Å². The Hall–Kier alpha value is -3.43. The van der Waals surface area contributed by atoms with Gasteiger partial charge in [-0.1, -0.05) is 17.7 Å². The minimum absolute atomic E-state index is 0.0619. The van der Waals surface area contributed by atoms with Crippen LogP contribution in [0.1, 0.15) is 40.0 Å². The number of carbonyl (C=O) groups excluding carboxylic acids is 1. The molecule has 1 aliphatic rings. The van der Waals surface area contributed by atoms with Crippen molar-refractivity contribution in [2.24, 2.45) is 4.99 Å². The SMILES string of the molecule is Cc1ccc(NC(=O)COc2ccc(C=Nc3sc4c(c3C#N)CCCC4)cc2)cc1. The molecule has 1 aliphatic carbocycles. The maximum absolute atomic E-state index is 12.1. The smallest absolute Gasteiger partial charge is 0.262 e. The van der Waals surface area contributed by atoms with Gasteiger partial charge in [0.1, 0.15) is 16.8 Å². The van der Waals surface area contributed by atoms with Crippen molar-refractivity contribution >= 4 is 34.1 Å². The summed E-state index contributed by atoms with van der Waals surface area (Å²) in [4.78, 5) is 17.9. The fraction of sp³-hybridized carbons (Fsp3) is 0.240. The van der Waals surface area contributed by atoms with Crippen LogP contribution in [0.3, 0.4) is 0 Å². The number of rotatable bonds is 6. The number of thiophene rings is 1. The molecule has 0 spiro atoms. The molecule has 0 unspecified atom stereocenters. The summed E-state index contributed by atoms with van der Waals surface area (Å²) in [7, 11) is 0. The van der Waals surface area contributed by atoms with Crippen molar-refractivity contribution in [1.82, 2.24) is 0 Å². The lowest BCUT2D eigenvalue weighted by Crippen LogP contribution is -2.20. The number of aliphatic imine (C=N–C) groups is 1. The topological polar surface area (TPSA) is 74.5 Å². The molecule has 4 rings (SSSR count). The number of hydrogen-bond donors (Lipinski definition) is 1. The lowest BCUT2D eigenvalue weighted by Gasteiger charge is -2.09. The molecule has 0 saturated carbocycles. The molecule has 6 heteroatoms. The molecule has 31 heavy (non-hydrogen) atoms. The summed E-state index contributed by atoms with van der Waals surface area (Å²) in [6.07, 6.45) is 6.13. The second kappa shape index (κ2) is 9.59. The van der Waals surface area contributed by atoms with Gasteiger partial charge in [0.15, 0.2) is 6.61 Å². The largest absolute Gasteiger partial charge is 0.484 e. The molecule has 5 nitrogen and oxygen atoms in total. The highest BCUT2D eigenvalue weighted by molar-refractivity contribution is 7.16. The first-order valence-electron chi connectivity index (χ1n) is 10.3. The van der Waals surface area contributed by atoms with E-state index in [1.807, 2.05) is 55.5 Å². The average molecular weight is 430 g/mol. The third-order valence-corrected chi connectivity index (χ3v) is 6.38. The van der Waals surface area contributed by atoms with E-state index in [-0.39, 0.29) is 12.5 Å². The average Bonchev–Trinajstić information content (AvgIpc) is 3.16. The van der Waals surface area contributed by atoms with Gasteiger partial charge in [-0.05, 0) is 80.1 Å². The normalized spacial score (nSPS) is 12.9. The van der Waals surface area contributed by atoms with E-state index in [4.69, 9.17) is 4.74 Å². The molecular formula is C25H23N3O2S. The number of aryl methyl sites for hydroxylation is 2. The predicted molar refractivity (Wildman–Crippen MR) is 125 cm³/mol. The van der Waals surface area contributed by atoms with Crippen molar-refractivity contribution in [2.45, 2.75) is 32.6 Å². The molecule has 0 bridgehead atoms. The van der Waals surface area contributed by atoms with Crippen LogP contribution in [0.5, 0.6) is 5.75 Å². The Morgan fingerprint density at radius 2 is 1.90 bits per heavy atom. The zero-order valence-electron chi connectivity index (χ0n) is 17.4. The Morgan fingerprint density at radius 1 is 1.16 bits per heavy atom. The van der Waals surface area contributed by atoms with Gasteiger partial charge >= 0.3 is 0 Å². The zero-order chi connectivity index (χ0) is 21.6.